The van der Waals surface area contributed by atoms with Crippen LogP contribution in [0.15, 0.2) is 0 Å². The molecule has 2 nitrogen and oxygen atoms in total. The number of hydrogen-bond donors (Lipinski definition) is 1. The summed E-state index contributed by atoms with van der Waals surface area (Å²) in [6, 6.07) is 1.88. The van der Waals surface area contributed by atoms with Crippen LogP contribution in [0.4, 0.5) is 0 Å². The Bertz CT molecular complexity index is 99.6. The normalized spacial score (nSPS) is 12.6. The van der Waals surface area contributed by atoms with Gasteiger partial charge in [0, 0.05) is 19.0 Å². The molecule has 0 aliphatic rings. The maximum Gasteiger partial charge on any atom is 0.132 e. The van der Waals surface area contributed by atoms with Crippen LogP contribution in [0.1, 0.15) is 0 Å². The summed E-state index contributed by atoms with van der Waals surface area (Å²) in [6.07, 6.45) is 0. The van der Waals surface area contributed by atoms with Gasteiger partial charge in [0.05, 0.1) is 6.07 Å². The molecule has 0 aliphatic carbocycles. The fourth-order valence-electron chi connectivity index (χ4n) is 0.341. The Labute approximate surface area is 64.7 Å². The van der Waals surface area contributed by atoms with Crippen LogP contribution in [0.5, 0.6) is 0 Å². The fourth-order valence-corrected chi connectivity index (χ4v) is 0.584. The number of alkyl halides is 2. The molecule has 4 heteroatoms. The Morgan fingerprint density at radius 2 is 2.33 bits per heavy atom. The topological polar surface area (TPSA) is 35.8 Å². The molecule has 0 rings (SSSR count). The second-order valence-electron chi connectivity index (χ2n) is 1.49. The zero-order valence-electron chi connectivity index (χ0n) is 4.90. The molecular formula is C5H8Cl2N2. The molecule has 0 saturated carbocycles. The minimum Gasteiger partial charge on any atom is -0.313 e. The van der Waals surface area contributed by atoms with Crippen LogP contribution in [0.25, 0.3) is 0 Å². The lowest BCUT2D eigenvalue weighted by molar-refractivity contribution is 0.737. The number of nitrogens with one attached hydrogen (secondary N) is 1. The molecule has 0 aliphatic heterocycles. The lowest BCUT2D eigenvalue weighted by Crippen LogP contribution is -2.23. The first-order chi connectivity index (χ1) is 4.31. The van der Waals surface area contributed by atoms with Gasteiger partial charge in [-0.1, -0.05) is 0 Å². The zero-order valence-corrected chi connectivity index (χ0v) is 6.41. The molecular weight excluding hydrogens is 159 g/mol. The third kappa shape index (κ3) is 5.91. The van der Waals surface area contributed by atoms with Gasteiger partial charge in [0.1, 0.15) is 5.38 Å². The summed E-state index contributed by atoms with van der Waals surface area (Å²) >= 11 is 10.8. The number of nitrogens with zero attached hydrogens (tertiary/aromatic N) is 1. The Hall–Kier alpha value is 0.0300. The van der Waals surface area contributed by atoms with E-state index in [9.17, 15) is 0 Å². The molecule has 0 radical (unpaired) electrons. The van der Waals surface area contributed by atoms with E-state index in [4.69, 9.17) is 28.5 Å². The van der Waals surface area contributed by atoms with Crippen LogP contribution in [0, 0.1) is 11.3 Å². The average Bonchev–Trinajstić information content (AvgIpc) is 1.89. The highest BCUT2D eigenvalue weighted by molar-refractivity contribution is 6.22. The quantitative estimate of drug-likeness (QED) is 0.499. The van der Waals surface area contributed by atoms with Crippen LogP contribution < -0.4 is 5.32 Å². The first kappa shape index (κ1) is 9.03. The molecule has 1 N–H and O–H groups in total. The Balaban J connectivity index is 2.99. The van der Waals surface area contributed by atoms with Gasteiger partial charge in [-0.15, -0.1) is 23.2 Å². The van der Waals surface area contributed by atoms with Gasteiger partial charge in [-0.3, -0.25) is 0 Å². The molecule has 1 atom stereocenters. The molecule has 0 aromatic rings. The zero-order chi connectivity index (χ0) is 7.11. The second kappa shape index (κ2) is 6.15. The Morgan fingerprint density at radius 1 is 1.67 bits per heavy atom. The van der Waals surface area contributed by atoms with Crippen LogP contribution >= 0.6 is 23.2 Å². The van der Waals surface area contributed by atoms with Crippen molar-refractivity contribution >= 4 is 23.2 Å². The van der Waals surface area contributed by atoms with Crippen molar-refractivity contribution in [3.8, 4) is 6.07 Å². The summed E-state index contributed by atoms with van der Waals surface area (Å²) in [7, 11) is 0. The van der Waals surface area contributed by atoms with Gasteiger partial charge < -0.3 is 5.32 Å². The van der Waals surface area contributed by atoms with E-state index in [1.165, 1.54) is 0 Å². The van der Waals surface area contributed by atoms with Gasteiger partial charge in [0.25, 0.3) is 0 Å². The van der Waals surface area contributed by atoms with E-state index >= 15 is 0 Å². The standard InChI is InChI=1S/C5H8Cl2N2/c6-1-2-9-4-5(7)3-8/h5,9H,1-2,4H2. The number of nitriles is 1. The maximum absolute atomic E-state index is 8.18. The molecule has 0 aromatic heterocycles. The summed E-state index contributed by atoms with van der Waals surface area (Å²) in [5, 5.41) is 10.6. The minimum absolute atomic E-state index is 0.437. The molecule has 0 saturated heterocycles. The molecule has 9 heavy (non-hydrogen) atoms. The molecule has 52 valence electrons. The molecule has 0 amide bonds. The summed E-state index contributed by atoms with van der Waals surface area (Å²) in [5.74, 6) is 0.551. The van der Waals surface area contributed by atoms with Crippen LogP contribution in [-0.2, 0) is 0 Å². The maximum atomic E-state index is 8.18. The molecule has 0 spiro atoms. The van der Waals surface area contributed by atoms with E-state index in [2.05, 4.69) is 5.32 Å². The highest BCUT2D eigenvalue weighted by atomic mass is 35.5. The first-order valence-corrected chi connectivity index (χ1v) is 3.58. The number of halogens is 2. The monoisotopic (exact) mass is 166 g/mol. The fraction of sp³-hybridized carbons (Fsp3) is 0.800. The summed E-state index contributed by atoms with van der Waals surface area (Å²) in [6.45, 7) is 1.21. The van der Waals surface area contributed by atoms with Gasteiger partial charge in [0.2, 0.25) is 0 Å². The van der Waals surface area contributed by atoms with E-state index in [1.807, 2.05) is 6.07 Å². The molecule has 0 bridgehead atoms. The van der Waals surface area contributed by atoms with Crippen molar-refractivity contribution in [2.75, 3.05) is 19.0 Å². The Kier molecular flexibility index (Phi) is 6.18. The lowest BCUT2D eigenvalue weighted by Gasteiger charge is -1.99. The van der Waals surface area contributed by atoms with Gasteiger partial charge in [-0.05, 0) is 0 Å². The van der Waals surface area contributed by atoms with Crippen molar-refractivity contribution in [1.82, 2.24) is 5.32 Å². The third-order valence-corrected chi connectivity index (χ3v) is 1.18. The summed E-state index contributed by atoms with van der Waals surface area (Å²) in [5.41, 5.74) is 0. The highest BCUT2D eigenvalue weighted by Crippen LogP contribution is 1.88. The largest absolute Gasteiger partial charge is 0.313 e. The van der Waals surface area contributed by atoms with E-state index in [0.717, 1.165) is 0 Å². The molecule has 0 heterocycles. The average molecular weight is 167 g/mol. The third-order valence-electron chi connectivity index (χ3n) is 0.735. The summed E-state index contributed by atoms with van der Waals surface area (Å²) < 4.78 is 0. The molecule has 1 unspecified atom stereocenters. The van der Waals surface area contributed by atoms with Crippen LogP contribution in [-0.4, -0.2) is 24.3 Å². The molecule has 0 aromatic carbocycles. The van der Waals surface area contributed by atoms with Crippen molar-refractivity contribution in [3.05, 3.63) is 0 Å². The van der Waals surface area contributed by atoms with Gasteiger partial charge >= 0.3 is 0 Å². The van der Waals surface area contributed by atoms with E-state index in [0.29, 0.717) is 19.0 Å². The van der Waals surface area contributed by atoms with E-state index in [-0.39, 0.29) is 0 Å². The summed E-state index contributed by atoms with van der Waals surface area (Å²) in [4.78, 5) is 0. The lowest BCUT2D eigenvalue weighted by atomic mass is 10.4. The van der Waals surface area contributed by atoms with Crippen molar-refractivity contribution in [2.45, 2.75) is 5.38 Å². The second-order valence-corrected chi connectivity index (χ2v) is 2.39. The predicted molar refractivity (Wildman–Crippen MR) is 38.8 cm³/mol. The molecule has 0 fully saturated rings. The van der Waals surface area contributed by atoms with Gasteiger partial charge in [-0.25, -0.2) is 0 Å². The Morgan fingerprint density at radius 3 is 2.78 bits per heavy atom. The predicted octanol–water partition coefficient (Wildman–Crippen LogP) is 0.946. The van der Waals surface area contributed by atoms with Crippen molar-refractivity contribution in [3.63, 3.8) is 0 Å². The smallest absolute Gasteiger partial charge is 0.132 e. The van der Waals surface area contributed by atoms with E-state index < -0.39 is 5.38 Å². The first-order valence-electron chi connectivity index (χ1n) is 2.61. The van der Waals surface area contributed by atoms with Gasteiger partial charge in [-0.2, -0.15) is 5.26 Å². The number of hydrogen-bond acceptors (Lipinski definition) is 2. The van der Waals surface area contributed by atoms with Crippen LogP contribution in [0.3, 0.4) is 0 Å². The van der Waals surface area contributed by atoms with Crippen molar-refractivity contribution in [2.24, 2.45) is 0 Å². The SMILES string of the molecule is N#CC(Cl)CNCCCl. The van der Waals surface area contributed by atoms with Crippen LogP contribution in [0.2, 0.25) is 0 Å². The van der Waals surface area contributed by atoms with Crippen molar-refractivity contribution < 1.29 is 0 Å². The number of rotatable bonds is 4. The highest BCUT2D eigenvalue weighted by Gasteiger charge is 1.98. The van der Waals surface area contributed by atoms with Gasteiger partial charge in [0.15, 0.2) is 0 Å². The minimum atomic E-state index is -0.437. The van der Waals surface area contributed by atoms with Crippen molar-refractivity contribution in [1.29, 1.82) is 5.26 Å². The van der Waals surface area contributed by atoms with E-state index in [1.54, 1.807) is 0 Å².